The van der Waals surface area contributed by atoms with E-state index in [2.05, 4.69) is 25.4 Å². The van der Waals surface area contributed by atoms with Crippen LogP contribution >= 0.6 is 24.0 Å². The molecule has 2 heterocycles. The maximum absolute atomic E-state index is 12.4. The van der Waals surface area contributed by atoms with Gasteiger partial charge in [-0.2, -0.15) is 0 Å². The zero-order valence-corrected chi connectivity index (χ0v) is 21.4. The Balaban J connectivity index is 0.00000306. The van der Waals surface area contributed by atoms with E-state index in [4.69, 9.17) is 0 Å². The fraction of sp³-hybridized carbons (Fsp3) is 0.565. The van der Waals surface area contributed by atoms with Gasteiger partial charge in [-0.3, -0.25) is 29.2 Å². The summed E-state index contributed by atoms with van der Waals surface area (Å²) in [6, 6.07) is 7.39. The maximum atomic E-state index is 12.4. The average molecular weight is 568 g/mol. The number of guanidine groups is 1. The number of benzene rings is 1. The minimum Gasteiger partial charge on any atom is -0.356 e. The van der Waals surface area contributed by atoms with Gasteiger partial charge in [0.25, 0.3) is 11.8 Å². The van der Waals surface area contributed by atoms with Crippen molar-refractivity contribution in [3.05, 3.63) is 35.4 Å². The first-order valence-corrected chi connectivity index (χ1v) is 11.5. The van der Waals surface area contributed by atoms with Gasteiger partial charge in [-0.05, 0) is 37.8 Å². The number of hydrogen-bond acceptors (Lipinski definition) is 5. The molecule has 4 rings (SSSR count). The molecule has 0 aromatic heterocycles. The van der Waals surface area contributed by atoms with Crippen molar-refractivity contribution in [3.8, 4) is 0 Å². The number of aliphatic imine (C=N–C) groups is 1. The van der Waals surface area contributed by atoms with Crippen molar-refractivity contribution < 1.29 is 14.4 Å². The van der Waals surface area contributed by atoms with Gasteiger partial charge in [-0.1, -0.05) is 12.1 Å². The molecule has 10 heteroatoms. The van der Waals surface area contributed by atoms with Crippen LogP contribution in [0, 0.1) is 0 Å². The average Bonchev–Trinajstić information content (AvgIpc) is 3.58. The summed E-state index contributed by atoms with van der Waals surface area (Å²) in [5, 5.41) is 6.42. The van der Waals surface area contributed by atoms with Crippen LogP contribution in [0.2, 0.25) is 0 Å². The third kappa shape index (κ3) is 6.44. The smallest absolute Gasteiger partial charge is 0.261 e. The second-order valence-corrected chi connectivity index (χ2v) is 8.59. The first-order chi connectivity index (χ1) is 15.6. The van der Waals surface area contributed by atoms with Crippen LogP contribution in [-0.2, 0) is 4.79 Å². The number of amides is 3. The van der Waals surface area contributed by atoms with Crippen LogP contribution in [0.5, 0.6) is 0 Å². The van der Waals surface area contributed by atoms with E-state index >= 15 is 0 Å². The van der Waals surface area contributed by atoms with Crippen LogP contribution in [0.25, 0.3) is 0 Å². The van der Waals surface area contributed by atoms with Crippen LogP contribution in [0.1, 0.15) is 46.4 Å². The summed E-state index contributed by atoms with van der Waals surface area (Å²) < 4.78 is 0. The molecule has 2 aliphatic heterocycles. The Morgan fingerprint density at radius 1 is 1.03 bits per heavy atom. The largest absolute Gasteiger partial charge is 0.356 e. The quantitative estimate of drug-likeness (QED) is 0.161. The molecular weight excluding hydrogens is 535 g/mol. The van der Waals surface area contributed by atoms with Gasteiger partial charge in [0.05, 0.1) is 17.7 Å². The third-order valence-corrected chi connectivity index (χ3v) is 6.16. The number of imide groups is 1. The number of carbonyl (C=O) groups is 3. The van der Waals surface area contributed by atoms with Gasteiger partial charge in [0.2, 0.25) is 5.91 Å². The van der Waals surface area contributed by atoms with Crippen LogP contribution < -0.4 is 10.6 Å². The molecule has 0 spiro atoms. The summed E-state index contributed by atoms with van der Waals surface area (Å²) in [6.07, 6.45) is 3.78. The highest BCUT2D eigenvalue weighted by Gasteiger charge is 2.34. The third-order valence-electron chi connectivity index (χ3n) is 6.16. The van der Waals surface area contributed by atoms with Crippen molar-refractivity contribution in [2.45, 2.75) is 31.7 Å². The molecule has 1 aliphatic carbocycles. The van der Waals surface area contributed by atoms with Gasteiger partial charge in [-0.15, -0.1) is 24.0 Å². The number of piperazine rings is 1. The molecule has 1 aromatic rings. The van der Waals surface area contributed by atoms with E-state index in [0.29, 0.717) is 30.3 Å². The normalized spacial score (nSPS) is 18.8. The topological polar surface area (TPSA) is 97.3 Å². The second kappa shape index (κ2) is 11.8. The van der Waals surface area contributed by atoms with E-state index in [1.165, 1.54) is 4.90 Å². The Morgan fingerprint density at radius 2 is 1.67 bits per heavy atom. The highest BCUT2D eigenvalue weighted by Crippen LogP contribution is 2.22. The molecule has 9 nitrogen and oxygen atoms in total. The van der Waals surface area contributed by atoms with E-state index in [-0.39, 0.29) is 41.7 Å². The number of hydrogen-bond donors (Lipinski definition) is 2. The van der Waals surface area contributed by atoms with Gasteiger partial charge >= 0.3 is 0 Å². The zero-order chi connectivity index (χ0) is 22.5. The lowest BCUT2D eigenvalue weighted by Crippen LogP contribution is -2.54. The van der Waals surface area contributed by atoms with E-state index < -0.39 is 0 Å². The minimum absolute atomic E-state index is 0. The number of carbonyl (C=O) groups excluding carboxylic acids is 3. The summed E-state index contributed by atoms with van der Waals surface area (Å²) in [7, 11) is 1.77. The van der Waals surface area contributed by atoms with E-state index in [1.807, 2.05) is 0 Å². The number of nitrogens with one attached hydrogen (secondary N) is 2. The molecular formula is C23H33IN6O3. The molecule has 1 saturated heterocycles. The molecule has 2 fully saturated rings. The SMILES string of the molecule is CN=C(NCCCCN1C(=O)c2ccccc2C1=O)N1CCN(CC(=O)NC2CC2)CC1.I. The van der Waals surface area contributed by atoms with Crippen molar-refractivity contribution in [2.75, 3.05) is 52.9 Å². The summed E-state index contributed by atoms with van der Waals surface area (Å²) in [5.74, 6) is 0.588. The lowest BCUT2D eigenvalue weighted by molar-refractivity contribution is -0.122. The summed E-state index contributed by atoms with van der Waals surface area (Å²) in [6.45, 7) is 4.93. The first kappa shape index (κ1) is 25.4. The minimum atomic E-state index is -0.196. The first-order valence-electron chi connectivity index (χ1n) is 11.5. The lowest BCUT2D eigenvalue weighted by atomic mass is 10.1. The Morgan fingerprint density at radius 3 is 2.24 bits per heavy atom. The summed E-state index contributed by atoms with van der Waals surface area (Å²) in [4.78, 5) is 46.9. The molecule has 0 bridgehead atoms. The molecule has 0 unspecified atom stereocenters. The fourth-order valence-corrected chi connectivity index (χ4v) is 4.19. The lowest BCUT2D eigenvalue weighted by Gasteiger charge is -2.36. The fourth-order valence-electron chi connectivity index (χ4n) is 4.19. The van der Waals surface area contributed by atoms with Gasteiger partial charge < -0.3 is 15.5 Å². The zero-order valence-electron chi connectivity index (χ0n) is 19.1. The van der Waals surface area contributed by atoms with E-state index in [1.54, 1.807) is 31.3 Å². The predicted octanol–water partition coefficient (Wildman–Crippen LogP) is 1.15. The van der Waals surface area contributed by atoms with Crippen molar-refractivity contribution >= 4 is 47.7 Å². The van der Waals surface area contributed by atoms with Gasteiger partial charge in [0.15, 0.2) is 5.96 Å². The van der Waals surface area contributed by atoms with Crippen molar-refractivity contribution in [1.82, 2.24) is 25.3 Å². The van der Waals surface area contributed by atoms with Crippen LogP contribution in [0.3, 0.4) is 0 Å². The predicted molar refractivity (Wildman–Crippen MR) is 137 cm³/mol. The Hall–Kier alpha value is -2.21. The number of halogens is 1. The van der Waals surface area contributed by atoms with Gasteiger partial charge in [-0.25, -0.2) is 0 Å². The van der Waals surface area contributed by atoms with E-state index in [0.717, 1.165) is 64.4 Å². The van der Waals surface area contributed by atoms with Gasteiger partial charge in [0, 0.05) is 52.4 Å². The second-order valence-electron chi connectivity index (χ2n) is 8.59. The molecule has 180 valence electrons. The standard InChI is InChI=1S/C23H32N6O3.HI/c1-24-23(28-14-12-27(13-15-28)16-20(30)26-17-8-9-17)25-10-4-5-11-29-21(31)18-6-2-3-7-19(18)22(29)32;/h2-3,6-7,17H,4-5,8-16H2,1H3,(H,24,25)(H,26,30);1H. The Labute approximate surface area is 212 Å². The molecule has 3 aliphatic rings. The number of fused-ring (bicyclic) bond motifs is 1. The monoisotopic (exact) mass is 568 g/mol. The Bertz CT molecular complexity index is 861. The summed E-state index contributed by atoms with van der Waals surface area (Å²) >= 11 is 0. The highest BCUT2D eigenvalue weighted by molar-refractivity contribution is 14.0. The number of nitrogens with zero attached hydrogens (tertiary/aromatic N) is 4. The molecule has 0 radical (unpaired) electrons. The number of rotatable bonds is 8. The molecule has 3 amide bonds. The van der Waals surface area contributed by atoms with E-state index in [9.17, 15) is 14.4 Å². The van der Waals surface area contributed by atoms with Crippen molar-refractivity contribution in [3.63, 3.8) is 0 Å². The highest BCUT2D eigenvalue weighted by atomic mass is 127. The van der Waals surface area contributed by atoms with Gasteiger partial charge in [0.1, 0.15) is 0 Å². The summed E-state index contributed by atoms with van der Waals surface area (Å²) in [5.41, 5.74) is 1.00. The Kier molecular flexibility index (Phi) is 9.07. The van der Waals surface area contributed by atoms with Crippen LogP contribution in [0.4, 0.5) is 0 Å². The molecule has 0 atom stereocenters. The molecule has 33 heavy (non-hydrogen) atoms. The molecule has 2 N–H and O–H groups in total. The molecule has 1 aromatic carbocycles. The number of unbranched alkanes of at least 4 members (excludes halogenated alkanes) is 1. The van der Waals surface area contributed by atoms with Crippen molar-refractivity contribution in [1.29, 1.82) is 0 Å². The van der Waals surface area contributed by atoms with Crippen LogP contribution in [-0.4, -0.2) is 97.3 Å². The van der Waals surface area contributed by atoms with Crippen LogP contribution in [0.15, 0.2) is 29.3 Å². The van der Waals surface area contributed by atoms with Crippen molar-refractivity contribution in [2.24, 2.45) is 4.99 Å². The maximum Gasteiger partial charge on any atom is 0.261 e. The molecule has 1 saturated carbocycles.